The Labute approximate surface area is 152 Å². The summed E-state index contributed by atoms with van der Waals surface area (Å²) in [5.41, 5.74) is 0.887. The van der Waals surface area contributed by atoms with Gasteiger partial charge in [0, 0.05) is 28.8 Å². The second-order valence-electron chi connectivity index (χ2n) is 5.76. The van der Waals surface area contributed by atoms with Crippen LogP contribution in [0.2, 0.25) is 0 Å². The number of aromatic amines is 1. The number of rotatable bonds is 6. The van der Waals surface area contributed by atoms with Gasteiger partial charge in [0.25, 0.3) is 5.56 Å². The van der Waals surface area contributed by atoms with Gasteiger partial charge in [-0.3, -0.25) is 4.79 Å². The van der Waals surface area contributed by atoms with Crippen molar-refractivity contribution in [3.63, 3.8) is 0 Å². The van der Waals surface area contributed by atoms with E-state index in [2.05, 4.69) is 15.3 Å². The average Bonchev–Trinajstić information content (AvgIpc) is 3.35. The van der Waals surface area contributed by atoms with E-state index in [9.17, 15) is 4.79 Å². The summed E-state index contributed by atoms with van der Waals surface area (Å²) < 4.78 is 5.33. The molecule has 0 fully saturated rings. The molecule has 0 amide bonds. The summed E-state index contributed by atoms with van der Waals surface area (Å²) in [6.45, 7) is 2.75. The lowest BCUT2D eigenvalue weighted by Gasteiger charge is -2.12. The van der Waals surface area contributed by atoms with Crippen LogP contribution < -0.4 is 10.9 Å². The first-order valence-electron chi connectivity index (χ1n) is 8.03. The molecule has 2 N–H and O–H groups in total. The maximum absolute atomic E-state index is 12.6. The predicted octanol–water partition coefficient (Wildman–Crippen LogP) is 4.20. The van der Waals surface area contributed by atoms with Crippen LogP contribution in [0.25, 0.3) is 20.7 Å². The molecule has 128 valence electrons. The van der Waals surface area contributed by atoms with E-state index in [0.29, 0.717) is 11.2 Å². The number of H-pyrrole nitrogens is 1. The van der Waals surface area contributed by atoms with E-state index in [-0.39, 0.29) is 11.6 Å². The number of furan rings is 1. The van der Waals surface area contributed by atoms with Gasteiger partial charge in [-0.2, -0.15) is 0 Å². The maximum atomic E-state index is 12.6. The predicted molar refractivity (Wildman–Crippen MR) is 102 cm³/mol. The molecule has 4 aromatic heterocycles. The summed E-state index contributed by atoms with van der Waals surface area (Å²) in [5.74, 6) is 1.60. The highest BCUT2D eigenvalue weighted by Crippen LogP contribution is 2.33. The largest absolute Gasteiger partial charge is 0.469 e. The van der Waals surface area contributed by atoms with Crippen LogP contribution in [0.15, 0.2) is 50.5 Å². The molecule has 4 aromatic rings. The molecule has 0 spiro atoms. The van der Waals surface area contributed by atoms with Crippen molar-refractivity contribution in [2.24, 2.45) is 0 Å². The van der Waals surface area contributed by atoms with Gasteiger partial charge in [0.1, 0.15) is 16.4 Å². The molecule has 7 heteroatoms. The van der Waals surface area contributed by atoms with Crippen LogP contribution in [0, 0.1) is 0 Å². The second-order valence-corrected chi connectivity index (χ2v) is 7.57. The molecule has 0 aliphatic carbocycles. The third-order valence-electron chi connectivity index (χ3n) is 4.06. The molecule has 4 heterocycles. The molecule has 0 unspecified atom stereocenters. The molecule has 1 atom stereocenters. The van der Waals surface area contributed by atoms with E-state index in [1.54, 1.807) is 17.6 Å². The molecule has 4 rings (SSSR count). The first-order chi connectivity index (χ1) is 12.2. The third-order valence-corrected chi connectivity index (χ3v) is 5.84. The molecule has 5 nitrogen and oxygen atoms in total. The van der Waals surface area contributed by atoms with Crippen molar-refractivity contribution in [1.82, 2.24) is 15.3 Å². The second kappa shape index (κ2) is 6.95. The lowest BCUT2D eigenvalue weighted by Crippen LogP contribution is -2.25. The molecule has 0 aliphatic rings. The number of fused-ring (bicyclic) bond motifs is 1. The smallest absolute Gasteiger partial charge is 0.260 e. The quantitative estimate of drug-likeness (QED) is 0.533. The van der Waals surface area contributed by atoms with Gasteiger partial charge in [-0.15, -0.1) is 22.7 Å². The lowest BCUT2D eigenvalue weighted by atomic mass is 10.2. The number of hydrogen-bond acceptors (Lipinski definition) is 6. The summed E-state index contributed by atoms with van der Waals surface area (Å²) >= 11 is 3.14. The highest BCUT2D eigenvalue weighted by molar-refractivity contribution is 7.18. The molecule has 0 saturated heterocycles. The van der Waals surface area contributed by atoms with Gasteiger partial charge in [-0.05, 0) is 30.5 Å². The summed E-state index contributed by atoms with van der Waals surface area (Å²) in [6, 6.07) is 7.81. The van der Waals surface area contributed by atoms with Gasteiger partial charge >= 0.3 is 0 Å². The van der Waals surface area contributed by atoms with Crippen molar-refractivity contribution in [3.05, 3.63) is 63.2 Å². The number of hydrogen-bond donors (Lipinski definition) is 2. The zero-order valence-electron chi connectivity index (χ0n) is 13.6. The van der Waals surface area contributed by atoms with Crippen LogP contribution in [-0.4, -0.2) is 16.5 Å². The Morgan fingerprint density at radius 1 is 1.32 bits per heavy atom. The molecule has 0 radical (unpaired) electrons. The lowest BCUT2D eigenvalue weighted by molar-refractivity contribution is 0.480. The highest BCUT2D eigenvalue weighted by atomic mass is 32.1. The fourth-order valence-electron chi connectivity index (χ4n) is 2.75. The fourth-order valence-corrected chi connectivity index (χ4v) is 4.52. The van der Waals surface area contributed by atoms with Gasteiger partial charge in [0.15, 0.2) is 0 Å². The number of nitrogens with zero attached hydrogens (tertiary/aromatic N) is 1. The molecule has 0 aromatic carbocycles. The average molecular weight is 371 g/mol. The van der Waals surface area contributed by atoms with E-state index in [0.717, 1.165) is 34.0 Å². The SMILES string of the molecule is C[C@H](NCCc1ccco1)c1nc2scc(-c3cccs3)c2c(=O)[nH]1. The Bertz CT molecular complexity index is 1020. The Morgan fingerprint density at radius 2 is 2.24 bits per heavy atom. The minimum absolute atomic E-state index is 0.0423. The van der Waals surface area contributed by atoms with Crippen LogP contribution in [0.5, 0.6) is 0 Å². The normalized spacial score (nSPS) is 12.7. The summed E-state index contributed by atoms with van der Waals surface area (Å²) in [4.78, 5) is 22.1. The Kier molecular flexibility index (Phi) is 4.52. The molecule has 0 bridgehead atoms. The maximum Gasteiger partial charge on any atom is 0.260 e. The number of thiophene rings is 2. The highest BCUT2D eigenvalue weighted by Gasteiger charge is 2.16. The molecular formula is C18H17N3O2S2. The van der Waals surface area contributed by atoms with E-state index in [1.807, 2.05) is 41.9 Å². The van der Waals surface area contributed by atoms with Gasteiger partial charge in [0.05, 0.1) is 17.7 Å². The van der Waals surface area contributed by atoms with E-state index in [4.69, 9.17) is 4.42 Å². The van der Waals surface area contributed by atoms with E-state index < -0.39 is 0 Å². The minimum atomic E-state index is -0.0793. The van der Waals surface area contributed by atoms with Crippen molar-refractivity contribution in [2.45, 2.75) is 19.4 Å². The fraction of sp³-hybridized carbons (Fsp3) is 0.222. The summed E-state index contributed by atoms with van der Waals surface area (Å²) in [6.07, 6.45) is 2.47. The van der Waals surface area contributed by atoms with Gasteiger partial charge < -0.3 is 14.7 Å². The van der Waals surface area contributed by atoms with Crippen LogP contribution >= 0.6 is 22.7 Å². The van der Waals surface area contributed by atoms with Crippen LogP contribution in [-0.2, 0) is 6.42 Å². The summed E-state index contributed by atoms with van der Waals surface area (Å²) in [7, 11) is 0. The first kappa shape index (κ1) is 16.3. The zero-order valence-corrected chi connectivity index (χ0v) is 15.2. The molecule has 0 aliphatic heterocycles. The minimum Gasteiger partial charge on any atom is -0.469 e. The van der Waals surface area contributed by atoms with E-state index >= 15 is 0 Å². The van der Waals surface area contributed by atoms with E-state index in [1.165, 1.54) is 11.3 Å². The van der Waals surface area contributed by atoms with Gasteiger partial charge in [-0.25, -0.2) is 4.98 Å². The van der Waals surface area contributed by atoms with Crippen molar-refractivity contribution < 1.29 is 4.42 Å². The third kappa shape index (κ3) is 3.30. The number of nitrogens with one attached hydrogen (secondary N) is 2. The monoisotopic (exact) mass is 371 g/mol. The van der Waals surface area contributed by atoms with Gasteiger partial charge in [-0.1, -0.05) is 6.07 Å². The van der Waals surface area contributed by atoms with Crippen molar-refractivity contribution >= 4 is 32.9 Å². The van der Waals surface area contributed by atoms with Crippen molar-refractivity contribution in [1.29, 1.82) is 0 Å². The molecule has 25 heavy (non-hydrogen) atoms. The standard InChI is InChI=1S/C18H17N3O2S2/c1-11(19-7-6-12-4-2-8-23-12)16-20-17(22)15-13(10-25-18(15)21-16)14-5-3-9-24-14/h2-5,8-11,19H,6-7H2,1H3,(H,20,21,22)/t11-/m0/s1. The molecule has 0 saturated carbocycles. The van der Waals surface area contributed by atoms with Crippen molar-refractivity contribution in [3.8, 4) is 10.4 Å². The van der Waals surface area contributed by atoms with Crippen LogP contribution in [0.4, 0.5) is 0 Å². The Balaban J connectivity index is 1.55. The Hall–Kier alpha value is -2.22. The molecular weight excluding hydrogens is 354 g/mol. The summed E-state index contributed by atoms with van der Waals surface area (Å²) in [5, 5.41) is 8.08. The Morgan fingerprint density at radius 3 is 3.00 bits per heavy atom. The topological polar surface area (TPSA) is 70.9 Å². The van der Waals surface area contributed by atoms with Crippen molar-refractivity contribution in [2.75, 3.05) is 6.54 Å². The van der Waals surface area contributed by atoms with Crippen LogP contribution in [0.3, 0.4) is 0 Å². The van der Waals surface area contributed by atoms with Gasteiger partial charge in [0.2, 0.25) is 0 Å². The van der Waals surface area contributed by atoms with Crippen LogP contribution in [0.1, 0.15) is 24.6 Å². The first-order valence-corrected chi connectivity index (χ1v) is 9.79. The number of aromatic nitrogens is 2. The zero-order chi connectivity index (χ0) is 17.2.